The highest BCUT2D eigenvalue weighted by atomic mass is 32.1. The minimum Gasteiger partial charge on any atom is -0.322 e. The number of nitrogens with one attached hydrogen (secondary N) is 1. The number of aromatic nitrogens is 1. The van der Waals surface area contributed by atoms with Gasteiger partial charge in [0.05, 0.1) is 11.3 Å². The van der Waals surface area contributed by atoms with E-state index in [1.807, 2.05) is 43.0 Å². The van der Waals surface area contributed by atoms with Gasteiger partial charge in [0.2, 0.25) is 0 Å². The van der Waals surface area contributed by atoms with Crippen LogP contribution < -0.4 is 10.2 Å². The van der Waals surface area contributed by atoms with Crippen LogP contribution in [0.15, 0.2) is 66.9 Å². The molecule has 0 bridgehead atoms. The van der Waals surface area contributed by atoms with Crippen molar-refractivity contribution in [2.45, 2.75) is 27.2 Å². The Kier molecular flexibility index (Phi) is 5.75. The molecule has 0 spiro atoms. The van der Waals surface area contributed by atoms with Crippen molar-refractivity contribution >= 4 is 34.5 Å². The average molecular weight is 468 g/mol. The van der Waals surface area contributed by atoms with Crippen LogP contribution in [0, 0.1) is 20.8 Å². The monoisotopic (exact) mass is 467 g/mol. The van der Waals surface area contributed by atoms with Crippen LogP contribution in [0.5, 0.6) is 0 Å². The van der Waals surface area contributed by atoms with Crippen molar-refractivity contribution in [2.75, 3.05) is 16.8 Å². The van der Waals surface area contributed by atoms with Crippen LogP contribution in [0.25, 0.3) is 10.4 Å². The van der Waals surface area contributed by atoms with Crippen molar-refractivity contribution in [2.24, 2.45) is 0 Å². The van der Waals surface area contributed by atoms with Gasteiger partial charge in [0.15, 0.2) is 0 Å². The summed E-state index contributed by atoms with van der Waals surface area (Å²) in [5.41, 5.74) is 6.71. The summed E-state index contributed by atoms with van der Waals surface area (Å²) in [6.07, 6.45) is 2.56. The molecule has 0 fully saturated rings. The van der Waals surface area contributed by atoms with E-state index in [1.165, 1.54) is 15.3 Å². The summed E-state index contributed by atoms with van der Waals surface area (Å²) in [6, 6.07) is 19.3. The van der Waals surface area contributed by atoms with Gasteiger partial charge in [-0.3, -0.25) is 14.6 Å². The molecule has 2 aromatic heterocycles. The second kappa shape index (κ2) is 8.88. The smallest absolute Gasteiger partial charge is 0.258 e. The number of carbonyl (C=O) groups excluding carboxylic acids is 2. The zero-order chi connectivity index (χ0) is 23.8. The molecule has 0 atom stereocenters. The van der Waals surface area contributed by atoms with Crippen LogP contribution in [0.2, 0.25) is 0 Å². The Bertz CT molecular complexity index is 1410. The van der Waals surface area contributed by atoms with E-state index in [1.54, 1.807) is 41.8 Å². The molecule has 4 aromatic rings. The van der Waals surface area contributed by atoms with Crippen molar-refractivity contribution < 1.29 is 9.59 Å². The van der Waals surface area contributed by atoms with Gasteiger partial charge in [0.25, 0.3) is 11.8 Å². The van der Waals surface area contributed by atoms with E-state index in [-0.39, 0.29) is 11.8 Å². The molecule has 1 aliphatic heterocycles. The predicted octanol–water partition coefficient (Wildman–Crippen LogP) is 6.19. The summed E-state index contributed by atoms with van der Waals surface area (Å²) in [5, 5.41) is 2.91. The standard InChI is InChI=1S/C28H25N3O2S/c1-17-14-24(19(3)29-16-17)27(32)30-22-10-8-20(9-11-22)28(33)31-13-12-21-15-18(2)34-26(21)23-6-4-5-7-25(23)31/h4-11,14-16H,12-13H2,1-3H3,(H,30,32). The largest absolute Gasteiger partial charge is 0.322 e. The number of para-hydroxylation sites is 1. The molecule has 5 nitrogen and oxygen atoms in total. The molecule has 34 heavy (non-hydrogen) atoms. The first-order valence-corrected chi connectivity index (χ1v) is 12.1. The molecule has 1 aliphatic rings. The quantitative estimate of drug-likeness (QED) is 0.391. The predicted molar refractivity (Wildman–Crippen MR) is 138 cm³/mol. The van der Waals surface area contributed by atoms with Gasteiger partial charge < -0.3 is 10.2 Å². The number of hydrogen-bond donors (Lipinski definition) is 1. The number of fused-ring (bicyclic) bond motifs is 3. The van der Waals surface area contributed by atoms with Gasteiger partial charge in [-0.2, -0.15) is 0 Å². The van der Waals surface area contributed by atoms with E-state index >= 15 is 0 Å². The molecular formula is C28H25N3O2S. The van der Waals surface area contributed by atoms with E-state index in [0.717, 1.165) is 23.2 Å². The van der Waals surface area contributed by atoms with Crippen LogP contribution in [0.1, 0.15) is 42.4 Å². The lowest BCUT2D eigenvalue weighted by molar-refractivity contribution is 0.0986. The number of carbonyl (C=O) groups is 2. The average Bonchev–Trinajstić information content (AvgIpc) is 3.14. The third-order valence-corrected chi connectivity index (χ3v) is 7.21. The highest BCUT2D eigenvalue weighted by Gasteiger charge is 2.26. The van der Waals surface area contributed by atoms with Crippen molar-refractivity contribution in [3.8, 4) is 10.4 Å². The summed E-state index contributed by atoms with van der Waals surface area (Å²) < 4.78 is 0. The fourth-order valence-electron chi connectivity index (χ4n) is 4.36. The maximum absolute atomic E-state index is 13.5. The van der Waals surface area contributed by atoms with E-state index < -0.39 is 0 Å². The van der Waals surface area contributed by atoms with E-state index in [0.29, 0.717) is 29.1 Å². The number of amides is 2. The lowest BCUT2D eigenvalue weighted by atomic mass is 10.1. The van der Waals surface area contributed by atoms with E-state index in [4.69, 9.17) is 0 Å². The van der Waals surface area contributed by atoms with Crippen LogP contribution in [0.4, 0.5) is 11.4 Å². The molecule has 6 heteroatoms. The van der Waals surface area contributed by atoms with Crippen molar-refractivity contribution in [3.63, 3.8) is 0 Å². The van der Waals surface area contributed by atoms with E-state index in [9.17, 15) is 9.59 Å². The topological polar surface area (TPSA) is 62.3 Å². The molecule has 2 aromatic carbocycles. The molecule has 0 saturated heterocycles. The van der Waals surface area contributed by atoms with Crippen molar-refractivity contribution in [1.29, 1.82) is 0 Å². The first-order valence-electron chi connectivity index (χ1n) is 11.3. The number of pyridine rings is 1. The SMILES string of the molecule is Cc1cnc(C)c(C(=O)Nc2ccc(C(=O)N3CCc4cc(C)sc4-c4ccccc43)cc2)c1. The van der Waals surface area contributed by atoms with Gasteiger partial charge in [0, 0.05) is 45.0 Å². The van der Waals surface area contributed by atoms with Crippen molar-refractivity contribution in [3.05, 3.63) is 99.7 Å². The fourth-order valence-corrected chi connectivity index (χ4v) is 5.46. The van der Waals surface area contributed by atoms with Gasteiger partial charge in [-0.05, 0) is 80.8 Å². The number of rotatable bonds is 3. The lowest BCUT2D eigenvalue weighted by Gasteiger charge is -2.23. The molecule has 1 N–H and O–H groups in total. The second-order valence-electron chi connectivity index (χ2n) is 8.61. The second-order valence-corrected chi connectivity index (χ2v) is 9.87. The summed E-state index contributed by atoms with van der Waals surface area (Å²) in [5.74, 6) is -0.258. The number of hydrogen-bond acceptors (Lipinski definition) is 4. The third-order valence-electron chi connectivity index (χ3n) is 6.08. The van der Waals surface area contributed by atoms with Crippen LogP contribution in [-0.2, 0) is 6.42 Å². The fraction of sp³-hybridized carbons (Fsp3) is 0.179. The number of anilines is 2. The maximum atomic E-state index is 13.5. The third kappa shape index (κ3) is 4.13. The normalized spacial score (nSPS) is 12.5. The number of benzene rings is 2. The minimum atomic E-state index is -0.212. The molecule has 3 heterocycles. The molecule has 0 aliphatic carbocycles. The highest BCUT2D eigenvalue weighted by molar-refractivity contribution is 7.15. The van der Waals surface area contributed by atoms with E-state index in [2.05, 4.69) is 29.4 Å². The lowest BCUT2D eigenvalue weighted by Crippen LogP contribution is -2.32. The first kappa shape index (κ1) is 22.0. The van der Waals surface area contributed by atoms with Gasteiger partial charge in [-0.25, -0.2) is 0 Å². The Morgan fingerprint density at radius 1 is 1.00 bits per heavy atom. The molecule has 0 unspecified atom stereocenters. The molecule has 0 radical (unpaired) electrons. The number of thiophene rings is 1. The summed E-state index contributed by atoms with van der Waals surface area (Å²) in [6.45, 7) is 6.47. The van der Waals surface area contributed by atoms with Gasteiger partial charge in [-0.1, -0.05) is 18.2 Å². The van der Waals surface area contributed by atoms with Crippen LogP contribution >= 0.6 is 11.3 Å². The minimum absolute atomic E-state index is 0.0454. The van der Waals surface area contributed by atoms with Crippen LogP contribution in [0.3, 0.4) is 0 Å². The molecule has 0 saturated carbocycles. The Hall–Kier alpha value is -3.77. The Morgan fingerprint density at radius 3 is 2.56 bits per heavy atom. The zero-order valence-electron chi connectivity index (χ0n) is 19.4. The molecule has 5 rings (SSSR count). The number of aryl methyl sites for hydroxylation is 3. The van der Waals surface area contributed by atoms with Gasteiger partial charge in [0.1, 0.15) is 0 Å². The highest BCUT2D eigenvalue weighted by Crippen LogP contribution is 2.41. The molecule has 2 amide bonds. The van der Waals surface area contributed by atoms with Gasteiger partial charge in [-0.15, -0.1) is 11.3 Å². The number of nitrogens with zero attached hydrogens (tertiary/aromatic N) is 2. The Morgan fingerprint density at radius 2 is 1.76 bits per heavy atom. The summed E-state index contributed by atoms with van der Waals surface area (Å²) in [7, 11) is 0. The maximum Gasteiger partial charge on any atom is 0.258 e. The molecular weight excluding hydrogens is 442 g/mol. The Balaban J connectivity index is 1.38. The van der Waals surface area contributed by atoms with Crippen LogP contribution in [-0.4, -0.2) is 23.3 Å². The van der Waals surface area contributed by atoms with Gasteiger partial charge >= 0.3 is 0 Å². The zero-order valence-corrected chi connectivity index (χ0v) is 20.2. The van der Waals surface area contributed by atoms with Crippen molar-refractivity contribution in [1.82, 2.24) is 4.98 Å². The molecule has 170 valence electrons. The summed E-state index contributed by atoms with van der Waals surface area (Å²) >= 11 is 1.78. The Labute approximate surface area is 203 Å². The first-order chi connectivity index (χ1) is 16.4. The summed E-state index contributed by atoms with van der Waals surface area (Å²) in [4.78, 5) is 34.9.